The summed E-state index contributed by atoms with van der Waals surface area (Å²) in [4.78, 5) is 24.0. The Morgan fingerprint density at radius 2 is 1.73 bits per heavy atom. The van der Waals surface area contributed by atoms with Crippen molar-refractivity contribution in [3.05, 3.63) is 59.9 Å². The minimum atomic E-state index is -5.08. The summed E-state index contributed by atoms with van der Waals surface area (Å²) in [6.07, 6.45) is -3.56. The molecule has 0 radical (unpaired) electrons. The zero-order chi connectivity index (χ0) is 22.5. The number of hydrogen-bond donors (Lipinski definition) is 3. The van der Waals surface area contributed by atoms with Crippen molar-refractivity contribution in [1.29, 1.82) is 5.26 Å². The second-order valence-corrected chi connectivity index (χ2v) is 5.59. The number of carboxylic acids is 2. The van der Waals surface area contributed by atoms with Crippen molar-refractivity contribution in [2.45, 2.75) is 6.18 Å². The Balaban J connectivity index is 0.000000396. The molecule has 0 saturated carbocycles. The average molecular weight is 419 g/mol. The lowest BCUT2D eigenvalue weighted by Crippen LogP contribution is -2.21. The van der Waals surface area contributed by atoms with Gasteiger partial charge in [0.15, 0.2) is 5.76 Å². The molecule has 154 valence electrons. The molecule has 0 bridgehead atoms. The number of nitrogen functional groups attached to an aromatic ring is 1. The highest BCUT2D eigenvalue weighted by atomic mass is 19.4. The van der Waals surface area contributed by atoms with E-state index in [9.17, 15) is 23.2 Å². The Morgan fingerprint density at radius 3 is 2.17 bits per heavy atom. The van der Waals surface area contributed by atoms with Crippen molar-refractivity contribution < 1.29 is 37.4 Å². The van der Waals surface area contributed by atoms with Crippen LogP contribution in [0, 0.1) is 11.3 Å². The molecule has 0 aliphatic carbocycles. The van der Waals surface area contributed by atoms with Gasteiger partial charge >= 0.3 is 18.1 Å². The highest BCUT2D eigenvalue weighted by Gasteiger charge is 2.38. The normalized spacial score (nSPS) is 10.5. The molecule has 11 heteroatoms. The first-order valence-electron chi connectivity index (χ1n) is 7.93. The molecule has 2 heterocycles. The standard InChI is InChI=1S/C17H11N3O3.C2HF3O2/c18-9-13-12(10-3-5-11(6-4-10)17(21)22)8-14(20-16(13)19)15-2-1-7-23-15;3-2(4,5)1(6)7/h1-8H,(H2,19,20)(H,21,22);(H,6,7). The molecule has 0 saturated heterocycles. The number of furan rings is 1. The SMILES string of the molecule is N#Cc1c(-c2ccc(C(=O)O)cc2)cc(-c2ccco2)nc1N.O=C(O)C(F)(F)F. The Kier molecular flexibility index (Phi) is 6.43. The van der Waals surface area contributed by atoms with Crippen LogP contribution in [0.25, 0.3) is 22.6 Å². The van der Waals surface area contributed by atoms with E-state index in [4.69, 9.17) is 25.2 Å². The van der Waals surface area contributed by atoms with Gasteiger partial charge in [0.25, 0.3) is 0 Å². The number of anilines is 1. The maximum absolute atomic E-state index is 10.9. The van der Waals surface area contributed by atoms with Crippen molar-refractivity contribution in [3.8, 4) is 28.7 Å². The minimum absolute atomic E-state index is 0.0960. The third kappa shape index (κ3) is 5.14. The second-order valence-electron chi connectivity index (χ2n) is 5.59. The van der Waals surface area contributed by atoms with Crippen molar-refractivity contribution in [2.75, 3.05) is 5.73 Å². The molecular weight excluding hydrogens is 407 g/mol. The summed E-state index contributed by atoms with van der Waals surface area (Å²) in [5.41, 5.74) is 8.04. The topological polar surface area (TPSA) is 150 Å². The molecular formula is C19H12F3N3O5. The second kappa shape index (κ2) is 8.78. The van der Waals surface area contributed by atoms with Crippen LogP contribution in [0.15, 0.2) is 53.1 Å². The first-order valence-corrected chi connectivity index (χ1v) is 7.93. The quantitative estimate of drug-likeness (QED) is 0.580. The highest BCUT2D eigenvalue weighted by molar-refractivity contribution is 5.89. The van der Waals surface area contributed by atoms with Crippen LogP contribution in [0.4, 0.5) is 19.0 Å². The summed E-state index contributed by atoms with van der Waals surface area (Å²) in [5.74, 6) is -3.14. The lowest BCUT2D eigenvalue weighted by atomic mass is 9.99. The number of halogens is 3. The molecule has 8 nitrogen and oxygen atoms in total. The number of alkyl halides is 3. The van der Waals surface area contributed by atoms with Crippen LogP contribution in [-0.4, -0.2) is 33.3 Å². The number of carboxylic acid groups (broad SMARTS) is 2. The number of benzene rings is 1. The van der Waals surface area contributed by atoms with Gasteiger partial charge in [-0.15, -0.1) is 0 Å². The molecule has 0 aliphatic heterocycles. The molecule has 4 N–H and O–H groups in total. The van der Waals surface area contributed by atoms with Crippen molar-refractivity contribution in [1.82, 2.24) is 4.98 Å². The van der Waals surface area contributed by atoms with Gasteiger partial charge in [0.05, 0.1) is 11.8 Å². The van der Waals surface area contributed by atoms with E-state index in [1.54, 1.807) is 30.3 Å². The summed E-state index contributed by atoms with van der Waals surface area (Å²) in [6.45, 7) is 0. The van der Waals surface area contributed by atoms with E-state index in [2.05, 4.69) is 4.98 Å². The van der Waals surface area contributed by atoms with Gasteiger partial charge < -0.3 is 20.4 Å². The Labute approximate surface area is 166 Å². The van der Waals surface area contributed by atoms with Crippen LogP contribution in [0.1, 0.15) is 15.9 Å². The summed E-state index contributed by atoms with van der Waals surface area (Å²) in [7, 11) is 0. The third-order valence-electron chi connectivity index (χ3n) is 3.62. The summed E-state index contributed by atoms with van der Waals surface area (Å²) >= 11 is 0. The van der Waals surface area contributed by atoms with Crippen molar-refractivity contribution >= 4 is 17.8 Å². The maximum atomic E-state index is 10.9. The van der Waals surface area contributed by atoms with Gasteiger partial charge in [-0.2, -0.15) is 18.4 Å². The predicted molar refractivity (Wildman–Crippen MR) is 97.2 cm³/mol. The summed E-state index contributed by atoms with van der Waals surface area (Å²) in [6, 6.07) is 13.4. The number of nitriles is 1. The Hall–Kier alpha value is -4.33. The molecule has 1 aromatic carbocycles. The van der Waals surface area contributed by atoms with Crippen LogP contribution < -0.4 is 5.73 Å². The summed E-state index contributed by atoms with van der Waals surface area (Å²) < 4.78 is 37.0. The number of rotatable bonds is 3. The van der Waals surface area contributed by atoms with Crippen LogP contribution in [0.2, 0.25) is 0 Å². The lowest BCUT2D eigenvalue weighted by Gasteiger charge is -2.09. The first kappa shape index (κ1) is 22.0. The number of pyridine rings is 1. The van der Waals surface area contributed by atoms with Crippen LogP contribution in [-0.2, 0) is 4.79 Å². The Bertz CT molecular complexity index is 1100. The molecule has 0 unspecified atom stereocenters. The van der Waals surface area contributed by atoms with E-state index >= 15 is 0 Å². The van der Waals surface area contributed by atoms with Crippen molar-refractivity contribution in [3.63, 3.8) is 0 Å². The fourth-order valence-corrected chi connectivity index (χ4v) is 2.25. The number of aliphatic carboxylic acids is 1. The largest absolute Gasteiger partial charge is 0.490 e. The average Bonchev–Trinajstić information content (AvgIpc) is 3.22. The number of nitrogens with two attached hydrogens (primary N) is 1. The van der Waals surface area contributed by atoms with E-state index in [-0.39, 0.29) is 16.9 Å². The number of nitrogens with zero attached hydrogens (tertiary/aromatic N) is 2. The number of hydrogen-bond acceptors (Lipinski definition) is 6. The molecule has 3 rings (SSSR count). The Morgan fingerprint density at radius 1 is 1.13 bits per heavy atom. The fourth-order valence-electron chi connectivity index (χ4n) is 2.25. The fraction of sp³-hybridized carbons (Fsp3) is 0.0526. The molecule has 3 aromatic rings. The van der Waals surface area contributed by atoms with Crippen LogP contribution in [0.3, 0.4) is 0 Å². The van der Waals surface area contributed by atoms with Gasteiger partial charge in [-0.25, -0.2) is 14.6 Å². The zero-order valence-electron chi connectivity index (χ0n) is 14.8. The van der Waals surface area contributed by atoms with E-state index in [1.165, 1.54) is 18.4 Å². The molecule has 0 spiro atoms. The van der Waals surface area contributed by atoms with Gasteiger partial charge in [-0.1, -0.05) is 12.1 Å². The number of aromatic nitrogens is 1. The highest BCUT2D eigenvalue weighted by Crippen LogP contribution is 2.31. The monoisotopic (exact) mass is 419 g/mol. The molecule has 0 aliphatic rings. The van der Waals surface area contributed by atoms with E-state index < -0.39 is 18.1 Å². The smallest absolute Gasteiger partial charge is 0.478 e. The van der Waals surface area contributed by atoms with Gasteiger partial charge in [-0.3, -0.25) is 0 Å². The first-order chi connectivity index (χ1) is 14.0. The third-order valence-corrected chi connectivity index (χ3v) is 3.62. The van der Waals surface area contributed by atoms with Gasteiger partial charge in [0.1, 0.15) is 23.1 Å². The molecule has 0 fully saturated rings. The number of aromatic carboxylic acids is 1. The molecule has 2 aromatic heterocycles. The van der Waals surface area contributed by atoms with Gasteiger partial charge in [0, 0.05) is 5.56 Å². The maximum Gasteiger partial charge on any atom is 0.490 e. The van der Waals surface area contributed by atoms with E-state index in [1.807, 2.05) is 6.07 Å². The minimum Gasteiger partial charge on any atom is -0.478 e. The van der Waals surface area contributed by atoms with Gasteiger partial charge in [0.2, 0.25) is 0 Å². The molecule has 0 amide bonds. The van der Waals surface area contributed by atoms with Crippen LogP contribution >= 0.6 is 0 Å². The van der Waals surface area contributed by atoms with Crippen molar-refractivity contribution in [2.24, 2.45) is 0 Å². The lowest BCUT2D eigenvalue weighted by molar-refractivity contribution is -0.192. The van der Waals surface area contributed by atoms with Crippen LogP contribution in [0.5, 0.6) is 0 Å². The predicted octanol–water partition coefficient (Wildman–Crippen LogP) is 3.79. The molecule has 30 heavy (non-hydrogen) atoms. The summed E-state index contributed by atoms with van der Waals surface area (Å²) in [5, 5.41) is 25.4. The van der Waals surface area contributed by atoms with E-state index in [0.29, 0.717) is 22.6 Å². The van der Waals surface area contributed by atoms with Gasteiger partial charge in [-0.05, 0) is 35.9 Å². The zero-order valence-corrected chi connectivity index (χ0v) is 14.8. The van der Waals surface area contributed by atoms with E-state index in [0.717, 1.165) is 0 Å². The molecule has 0 atom stereocenters. The number of carbonyl (C=O) groups is 2.